The summed E-state index contributed by atoms with van der Waals surface area (Å²) in [6.07, 6.45) is -8.10. The molecule has 14 heteroatoms. The SMILES string of the molecule is Cc1n[nH]c(Cl)c1NC(=O)c1cc(F)c(-c2nc(C(C)O)n(C)n2)cc1O[C@@H](C)C(F)(F)F. The van der Waals surface area contributed by atoms with Gasteiger partial charge in [0.2, 0.25) is 0 Å². The van der Waals surface area contributed by atoms with Crippen LogP contribution >= 0.6 is 11.6 Å². The van der Waals surface area contributed by atoms with E-state index >= 15 is 0 Å². The zero-order valence-corrected chi connectivity index (χ0v) is 18.5. The number of anilines is 1. The number of aromatic amines is 1. The highest BCUT2D eigenvalue weighted by Gasteiger charge is 2.39. The van der Waals surface area contributed by atoms with E-state index in [0.29, 0.717) is 11.8 Å². The van der Waals surface area contributed by atoms with Crippen molar-refractivity contribution in [2.75, 3.05) is 5.32 Å². The lowest BCUT2D eigenvalue weighted by Crippen LogP contribution is -2.32. The van der Waals surface area contributed by atoms with Gasteiger partial charge in [-0.3, -0.25) is 14.6 Å². The Bertz CT molecular complexity index is 1170. The van der Waals surface area contributed by atoms with Crippen LogP contribution in [0.4, 0.5) is 23.2 Å². The molecule has 0 aliphatic carbocycles. The summed E-state index contributed by atoms with van der Waals surface area (Å²) in [5.74, 6) is -2.64. The number of benzene rings is 1. The molecule has 0 saturated carbocycles. The van der Waals surface area contributed by atoms with E-state index in [2.05, 4.69) is 25.6 Å². The third kappa shape index (κ3) is 5.09. The highest BCUT2D eigenvalue weighted by atomic mass is 35.5. The first kappa shape index (κ1) is 24.5. The molecule has 0 fully saturated rings. The van der Waals surface area contributed by atoms with Crippen LogP contribution in [0.1, 0.15) is 41.8 Å². The number of nitrogens with one attached hydrogen (secondary N) is 2. The quantitative estimate of drug-likeness (QED) is 0.450. The first-order valence-corrected chi connectivity index (χ1v) is 9.85. The lowest BCUT2D eigenvalue weighted by molar-refractivity contribution is -0.189. The number of aromatic nitrogens is 5. The van der Waals surface area contributed by atoms with Gasteiger partial charge >= 0.3 is 6.18 Å². The molecular formula is C19H19ClF4N6O3. The smallest absolute Gasteiger partial charge is 0.425 e. The summed E-state index contributed by atoms with van der Waals surface area (Å²) < 4.78 is 60.6. The largest absolute Gasteiger partial charge is 0.480 e. The maximum atomic E-state index is 15.0. The van der Waals surface area contributed by atoms with Crippen LogP contribution in [0.2, 0.25) is 5.15 Å². The summed E-state index contributed by atoms with van der Waals surface area (Å²) >= 11 is 5.91. The Kier molecular flexibility index (Phi) is 6.65. The van der Waals surface area contributed by atoms with Gasteiger partial charge in [0.05, 0.1) is 16.8 Å². The van der Waals surface area contributed by atoms with E-state index in [1.807, 2.05) is 0 Å². The van der Waals surface area contributed by atoms with Crippen molar-refractivity contribution in [3.8, 4) is 17.1 Å². The molecule has 3 rings (SSSR count). The Morgan fingerprint density at radius 3 is 2.52 bits per heavy atom. The normalized spacial score (nSPS) is 13.6. The maximum absolute atomic E-state index is 15.0. The van der Waals surface area contributed by atoms with Crippen LogP contribution in [0.3, 0.4) is 0 Å². The second kappa shape index (κ2) is 8.98. The molecule has 0 spiro atoms. The molecule has 0 saturated heterocycles. The van der Waals surface area contributed by atoms with Crippen molar-refractivity contribution in [2.24, 2.45) is 7.05 Å². The summed E-state index contributed by atoms with van der Waals surface area (Å²) in [5, 5.41) is 22.3. The van der Waals surface area contributed by atoms with Crippen LogP contribution in [-0.2, 0) is 7.05 Å². The van der Waals surface area contributed by atoms with Crippen molar-refractivity contribution >= 4 is 23.2 Å². The Morgan fingerprint density at radius 1 is 1.33 bits per heavy atom. The number of carbonyl (C=O) groups excluding carboxylic acids is 1. The third-order valence-electron chi connectivity index (χ3n) is 4.63. The fraction of sp³-hybridized carbons (Fsp3) is 0.368. The van der Waals surface area contributed by atoms with E-state index in [1.54, 1.807) is 0 Å². The number of halogens is 5. The molecule has 0 radical (unpaired) electrons. The molecule has 1 amide bonds. The second-order valence-electron chi connectivity index (χ2n) is 7.18. The topological polar surface area (TPSA) is 118 Å². The Morgan fingerprint density at radius 2 is 2.00 bits per heavy atom. The molecule has 1 unspecified atom stereocenters. The van der Waals surface area contributed by atoms with Gasteiger partial charge in [0.25, 0.3) is 5.91 Å². The van der Waals surface area contributed by atoms with Crippen molar-refractivity contribution in [1.82, 2.24) is 25.0 Å². The molecule has 3 aromatic rings. The van der Waals surface area contributed by atoms with Gasteiger partial charge in [-0.1, -0.05) is 11.6 Å². The monoisotopic (exact) mass is 490 g/mol. The van der Waals surface area contributed by atoms with E-state index in [4.69, 9.17) is 16.3 Å². The van der Waals surface area contributed by atoms with Gasteiger partial charge in [-0.05, 0) is 32.9 Å². The highest BCUT2D eigenvalue weighted by molar-refractivity contribution is 6.33. The van der Waals surface area contributed by atoms with Gasteiger partial charge < -0.3 is 15.2 Å². The Hall–Kier alpha value is -3.19. The first-order chi connectivity index (χ1) is 15.3. The lowest BCUT2D eigenvalue weighted by Gasteiger charge is -2.20. The number of carbonyl (C=O) groups is 1. The minimum Gasteiger partial charge on any atom is -0.480 e. The second-order valence-corrected chi connectivity index (χ2v) is 7.55. The average molecular weight is 491 g/mol. The maximum Gasteiger partial charge on any atom is 0.425 e. The molecular weight excluding hydrogens is 472 g/mol. The standard InChI is InChI=1S/C19H19ClF4N6O3/c1-7-14(15(20)28-27-7)25-18(32)11-5-12(21)10(6-13(11)33-9(3)19(22,23)24)16-26-17(8(2)31)30(4)29-16/h5-6,8-9,31H,1-4H3,(H,25,32)(H,27,28)/t8?,9-/m0/s1. The molecule has 9 nitrogen and oxygen atoms in total. The van der Waals surface area contributed by atoms with E-state index in [-0.39, 0.29) is 28.1 Å². The molecule has 2 aromatic heterocycles. The van der Waals surface area contributed by atoms with Gasteiger partial charge in [0.1, 0.15) is 28.5 Å². The fourth-order valence-electron chi connectivity index (χ4n) is 2.86. The van der Waals surface area contributed by atoms with Crippen LogP contribution in [-0.4, -0.2) is 48.3 Å². The van der Waals surface area contributed by atoms with E-state index < -0.39 is 41.4 Å². The third-order valence-corrected chi connectivity index (χ3v) is 4.90. The number of hydrogen-bond donors (Lipinski definition) is 3. The molecule has 178 valence electrons. The predicted molar refractivity (Wildman–Crippen MR) is 109 cm³/mol. The van der Waals surface area contributed by atoms with E-state index in [1.165, 1.54) is 25.6 Å². The zero-order chi connectivity index (χ0) is 24.7. The van der Waals surface area contributed by atoms with Gasteiger partial charge in [0.15, 0.2) is 17.8 Å². The summed E-state index contributed by atoms with van der Waals surface area (Å²) in [4.78, 5) is 16.8. The van der Waals surface area contributed by atoms with Crippen molar-refractivity contribution in [3.63, 3.8) is 0 Å². The van der Waals surface area contributed by atoms with Crippen LogP contribution in [0.5, 0.6) is 5.75 Å². The molecule has 0 bridgehead atoms. The van der Waals surface area contributed by atoms with Gasteiger partial charge in [-0.2, -0.15) is 23.4 Å². The van der Waals surface area contributed by atoms with E-state index in [9.17, 15) is 27.5 Å². The number of ether oxygens (including phenoxy) is 1. The van der Waals surface area contributed by atoms with Crippen LogP contribution < -0.4 is 10.1 Å². The fourth-order valence-corrected chi connectivity index (χ4v) is 3.09. The molecule has 2 heterocycles. The number of nitrogens with zero attached hydrogens (tertiary/aromatic N) is 4. The Balaban J connectivity index is 2.09. The number of alkyl halides is 3. The van der Waals surface area contributed by atoms with Gasteiger partial charge in [-0.15, -0.1) is 0 Å². The van der Waals surface area contributed by atoms with Crippen LogP contribution in [0, 0.1) is 12.7 Å². The van der Waals surface area contributed by atoms with Crippen LogP contribution in [0.15, 0.2) is 12.1 Å². The molecule has 0 aliphatic rings. The molecule has 1 aromatic carbocycles. The molecule has 33 heavy (non-hydrogen) atoms. The lowest BCUT2D eigenvalue weighted by atomic mass is 10.1. The number of aryl methyl sites for hydroxylation is 2. The van der Waals surface area contributed by atoms with Crippen molar-refractivity contribution in [2.45, 2.75) is 39.2 Å². The summed E-state index contributed by atoms with van der Waals surface area (Å²) in [6.45, 7) is 3.68. The average Bonchev–Trinajstić information content (AvgIpc) is 3.25. The summed E-state index contributed by atoms with van der Waals surface area (Å²) in [7, 11) is 1.46. The van der Waals surface area contributed by atoms with Crippen molar-refractivity contribution in [1.29, 1.82) is 0 Å². The molecule has 2 atom stereocenters. The van der Waals surface area contributed by atoms with E-state index in [0.717, 1.165) is 13.0 Å². The summed E-state index contributed by atoms with van der Waals surface area (Å²) in [5.41, 5.74) is -0.458. The number of rotatable bonds is 6. The minimum absolute atomic E-state index is 0.0209. The van der Waals surface area contributed by atoms with Gasteiger partial charge in [0, 0.05) is 7.05 Å². The minimum atomic E-state index is -4.75. The molecule has 0 aliphatic heterocycles. The number of aliphatic hydroxyl groups is 1. The zero-order valence-electron chi connectivity index (χ0n) is 17.8. The number of H-pyrrole nitrogens is 1. The first-order valence-electron chi connectivity index (χ1n) is 9.47. The number of hydrogen-bond acceptors (Lipinski definition) is 6. The molecule has 3 N–H and O–H groups in total. The summed E-state index contributed by atoms with van der Waals surface area (Å²) in [6, 6.07) is 1.61. The number of amides is 1. The Labute approximate surface area is 189 Å². The van der Waals surface area contributed by atoms with Gasteiger partial charge in [-0.25, -0.2) is 9.37 Å². The predicted octanol–water partition coefficient (Wildman–Crippen LogP) is 3.94. The number of aliphatic hydroxyl groups excluding tert-OH is 1. The van der Waals surface area contributed by atoms with Crippen LogP contribution in [0.25, 0.3) is 11.4 Å². The highest BCUT2D eigenvalue weighted by Crippen LogP contribution is 2.34. The van der Waals surface area contributed by atoms with Crippen molar-refractivity contribution in [3.05, 3.63) is 40.2 Å². The van der Waals surface area contributed by atoms with Crippen molar-refractivity contribution < 1.29 is 32.2 Å².